The number of aromatic nitrogens is 4. The molecule has 4 atom stereocenters. The SMILES string of the molecule is N[C@H]1CO[C@H]2[C@H]1OC[C@H]2n1nnnc1-c1cccc(CN2CCCC2)c1. The minimum Gasteiger partial charge on any atom is -0.371 e. The standard InChI is InChI=1S/C18H24N6O2/c19-14-10-25-17-15(11-26-16(14)17)24-18(20-21-22-24)13-5-3-4-12(8-13)9-23-6-1-2-7-23/h3-5,8,14-17H,1-2,6-7,9-11,19H2/t14-,15+,16-,17+/m0/s1. The Morgan fingerprint density at radius 1 is 1.12 bits per heavy atom. The van der Waals surface area contributed by atoms with E-state index in [1.165, 1.54) is 31.5 Å². The first-order chi connectivity index (χ1) is 12.8. The molecular formula is C18H24N6O2. The van der Waals surface area contributed by atoms with E-state index in [2.05, 4.69) is 44.7 Å². The van der Waals surface area contributed by atoms with Gasteiger partial charge in [0.15, 0.2) is 5.82 Å². The van der Waals surface area contributed by atoms with Gasteiger partial charge in [0.05, 0.1) is 19.3 Å². The fourth-order valence-electron chi connectivity index (χ4n) is 4.33. The summed E-state index contributed by atoms with van der Waals surface area (Å²) >= 11 is 0. The third kappa shape index (κ3) is 2.83. The first kappa shape index (κ1) is 16.3. The second kappa shape index (κ2) is 6.70. The van der Waals surface area contributed by atoms with Gasteiger partial charge in [-0.3, -0.25) is 4.90 Å². The highest BCUT2D eigenvalue weighted by atomic mass is 16.6. The summed E-state index contributed by atoms with van der Waals surface area (Å²) in [6.07, 6.45) is 2.44. The molecule has 4 heterocycles. The Labute approximate surface area is 152 Å². The molecule has 0 saturated carbocycles. The lowest BCUT2D eigenvalue weighted by atomic mass is 10.1. The van der Waals surface area contributed by atoms with Crippen LogP contribution in [0, 0.1) is 0 Å². The van der Waals surface area contributed by atoms with Crippen molar-refractivity contribution in [2.24, 2.45) is 5.73 Å². The Bertz CT molecular complexity index is 775. The average molecular weight is 356 g/mol. The van der Waals surface area contributed by atoms with Crippen LogP contribution in [-0.2, 0) is 16.0 Å². The number of ether oxygens (including phenoxy) is 2. The average Bonchev–Trinajstić information content (AvgIpc) is 3.41. The number of tetrazole rings is 1. The molecule has 0 spiro atoms. The molecule has 3 aliphatic rings. The van der Waals surface area contributed by atoms with E-state index in [1.54, 1.807) is 0 Å². The zero-order valence-electron chi connectivity index (χ0n) is 14.7. The Morgan fingerprint density at radius 2 is 1.96 bits per heavy atom. The Kier molecular flexibility index (Phi) is 4.20. The summed E-state index contributed by atoms with van der Waals surface area (Å²) in [6, 6.07) is 8.38. The van der Waals surface area contributed by atoms with Crippen LogP contribution >= 0.6 is 0 Å². The van der Waals surface area contributed by atoms with Gasteiger partial charge in [0.1, 0.15) is 18.2 Å². The van der Waals surface area contributed by atoms with Gasteiger partial charge in [-0.25, -0.2) is 4.68 Å². The van der Waals surface area contributed by atoms with Crippen molar-refractivity contribution in [2.45, 2.75) is 43.7 Å². The maximum Gasteiger partial charge on any atom is 0.182 e. The van der Waals surface area contributed by atoms with Crippen molar-refractivity contribution in [3.63, 3.8) is 0 Å². The second-order valence-corrected chi connectivity index (χ2v) is 7.46. The number of hydrogen-bond donors (Lipinski definition) is 1. The first-order valence-corrected chi connectivity index (χ1v) is 9.38. The Hall–Kier alpha value is -1.87. The van der Waals surface area contributed by atoms with Crippen molar-refractivity contribution in [1.29, 1.82) is 0 Å². The van der Waals surface area contributed by atoms with Crippen LogP contribution in [0.2, 0.25) is 0 Å². The van der Waals surface area contributed by atoms with Gasteiger partial charge in [0, 0.05) is 12.1 Å². The van der Waals surface area contributed by atoms with Crippen molar-refractivity contribution in [3.8, 4) is 11.4 Å². The molecule has 0 unspecified atom stereocenters. The smallest absolute Gasteiger partial charge is 0.182 e. The summed E-state index contributed by atoms with van der Waals surface area (Å²) in [6.45, 7) is 4.39. The second-order valence-electron chi connectivity index (χ2n) is 7.46. The number of likely N-dealkylation sites (tertiary alicyclic amines) is 1. The van der Waals surface area contributed by atoms with Gasteiger partial charge in [-0.15, -0.1) is 5.10 Å². The monoisotopic (exact) mass is 356 g/mol. The lowest BCUT2D eigenvalue weighted by molar-refractivity contribution is 0.0629. The molecule has 1 aromatic heterocycles. The Morgan fingerprint density at radius 3 is 2.85 bits per heavy atom. The van der Waals surface area contributed by atoms with E-state index < -0.39 is 0 Å². The van der Waals surface area contributed by atoms with E-state index in [0.717, 1.165) is 17.9 Å². The molecule has 138 valence electrons. The molecule has 26 heavy (non-hydrogen) atoms. The minimum absolute atomic E-state index is 0.0409. The third-order valence-corrected chi connectivity index (χ3v) is 5.66. The predicted molar refractivity (Wildman–Crippen MR) is 94.3 cm³/mol. The summed E-state index contributed by atoms with van der Waals surface area (Å²) in [5, 5.41) is 12.4. The predicted octanol–water partition coefficient (Wildman–Crippen LogP) is 0.602. The van der Waals surface area contributed by atoms with Crippen LogP contribution in [0.1, 0.15) is 24.4 Å². The molecule has 2 aromatic rings. The van der Waals surface area contributed by atoms with E-state index in [1.807, 2.05) is 4.68 Å². The van der Waals surface area contributed by atoms with Gasteiger partial charge < -0.3 is 15.2 Å². The molecule has 3 saturated heterocycles. The summed E-state index contributed by atoms with van der Waals surface area (Å²) in [5.41, 5.74) is 8.38. The highest BCUT2D eigenvalue weighted by Crippen LogP contribution is 2.35. The number of fused-ring (bicyclic) bond motifs is 1. The molecule has 0 aliphatic carbocycles. The van der Waals surface area contributed by atoms with Crippen LogP contribution in [0.4, 0.5) is 0 Å². The van der Waals surface area contributed by atoms with Gasteiger partial charge in [-0.05, 0) is 48.0 Å². The fraction of sp³-hybridized carbons (Fsp3) is 0.611. The van der Waals surface area contributed by atoms with Crippen LogP contribution in [0.15, 0.2) is 24.3 Å². The fourth-order valence-corrected chi connectivity index (χ4v) is 4.33. The molecule has 8 nitrogen and oxygen atoms in total. The van der Waals surface area contributed by atoms with Gasteiger partial charge >= 0.3 is 0 Å². The normalized spacial score (nSPS) is 31.6. The zero-order valence-corrected chi connectivity index (χ0v) is 14.7. The van der Waals surface area contributed by atoms with Gasteiger partial charge in [0.25, 0.3) is 0 Å². The zero-order chi connectivity index (χ0) is 17.5. The molecule has 0 amide bonds. The van der Waals surface area contributed by atoms with Crippen molar-refractivity contribution in [2.75, 3.05) is 26.3 Å². The minimum atomic E-state index is -0.0833. The van der Waals surface area contributed by atoms with Crippen molar-refractivity contribution >= 4 is 0 Å². The summed E-state index contributed by atoms with van der Waals surface area (Å²) in [5.74, 6) is 0.756. The number of nitrogens with zero attached hydrogens (tertiary/aromatic N) is 5. The number of hydrogen-bond acceptors (Lipinski definition) is 7. The Balaban J connectivity index is 1.41. The quantitative estimate of drug-likeness (QED) is 0.858. The highest BCUT2D eigenvalue weighted by Gasteiger charge is 2.48. The van der Waals surface area contributed by atoms with E-state index >= 15 is 0 Å². The van der Waals surface area contributed by atoms with Crippen LogP contribution in [0.3, 0.4) is 0 Å². The molecule has 3 aliphatic heterocycles. The summed E-state index contributed by atoms with van der Waals surface area (Å²) < 4.78 is 13.6. The number of benzene rings is 1. The lowest BCUT2D eigenvalue weighted by Gasteiger charge is -2.18. The lowest BCUT2D eigenvalue weighted by Crippen LogP contribution is -2.36. The van der Waals surface area contributed by atoms with Crippen LogP contribution < -0.4 is 5.73 Å². The highest BCUT2D eigenvalue weighted by molar-refractivity contribution is 5.56. The van der Waals surface area contributed by atoms with E-state index in [-0.39, 0.29) is 24.3 Å². The largest absolute Gasteiger partial charge is 0.371 e. The summed E-state index contributed by atoms with van der Waals surface area (Å²) in [7, 11) is 0. The molecule has 1 aromatic carbocycles. The van der Waals surface area contributed by atoms with Crippen molar-refractivity contribution in [1.82, 2.24) is 25.1 Å². The van der Waals surface area contributed by atoms with Crippen LogP contribution in [0.25, 0.3) is 11.4 Å². The first-order valence-electron chi connectivity index (χ1n) is 9.38. The molecular weight excluding hydrogens is 332 g/mol. The molecule has 0 bridgehead atoms. The number of nitrogens with two attached hydrogens (primary N) is 1. The third-order valence-electron chi connectivity index (χ3n) is 5.66. The van der Waals surface area contributed by atoms with Crippen LogP contribution in [0.5, 0.6) is 0 Å². The molecule has 5 rings (SSSR count). The maximum atomic E-state index is 6.07. The van der Waals surface area contributed by atoms with E-state index in [0.29, 0.717) is 13.2 Å². The molecule has 8 heteroatoms. The van der Waals surface area contributed by atoms with Gasteiger partial charge in [-0.2, -0.15) is 0 Å². The number of rotatable bonds is 4. The summed E-state index contributed by atoms with van der Waals surface area (Å²) in [4.78, 5) is 2.49. The van der Waals surface area contributed by atoms with Crippen molar-refractivity contribution in [3.05, 3.63) is 29.8 Å². The molecule has 0 radical (unpaired) electrons. The van der Waals surface area contributed by atoms with Crippen LogP contribution in [-0.4, -0.2) is 69.7 Å². The van der Waals surface area contributed by atoms with E-state index in [4.69, 9.17) is 15.2 Å². The van der Waals surface area contributed by atoms with Gasteiger partial charge in [0.2, 0.25) is 0 Å². The molecule has 2 N–H and O–H groups in total. The van der Waals surface area contributed by atoms with Gasteiger partial charge in [-0.1, -0.05) is 18.2 Å². The van der Waals surface area contributed by atoms with E-state index in [9.17, 15) is 0 Å². The topological polar surface area (TPSA) is 91.3 Å². The maximum absolute atomic E-state index is 6.07. The van der Waals surface area contributed by atoms with Crippen molar-refractivity contribution < 1.29 is 9.47 Å². The molecule has 3 fully saturated rings.